The van der Waals surface area contributed by atoms with Crippen LogP contribution in [0.1, 0.15) is 25.3 Å². The lowest BCUT2D eigenvalue weighted by atomic mass is 10.0. The van der Waals surface area contributed by atoms with E-state index in [1.807, 2.05) is 13.0 Å². The van der Waals surface area contributed by atoms with Gasteiger partial charge in [0.25, 0.3) is 0 Å². The number of anilines is 1. The molecule has 1 saturated heterocycles. The first-order valence-corrected chi connectivity index (χ1v) is 6.04. The molecule has 3 nitrogen and oxygen atoms in total. The molecular formula is C12H17ClN2O. The first kappa shape index (κ1) is 11.7. The minimum atomic E-state index is 0.321. The van der Waals surface area contributed by atoms with Crippen molar-refractivity contribution in [2.24, 2.45) is 0 Å². The predicted octanol–water partition coefficient (Wildman–Crippen LogP) is 3.02. The van der Waals surface area contributed by atoms with E-state index in [1.54, 1.807) is 6.20 Å². The van der Waals surface area contributed by atoms with Crippen LogP contribution in [-0.2, 0) is 4.74 Å². The third-order valence-corrected chi connectivity index (χ3v) is 3.23. The maximum Gasteiger partial charge on any atom is 0.152 e. The zero-order chi connectivity index (χ0) is 11.5. The lowest BCUT2D eigenvalue weighted by molar-refractivity contribution is 0.0232. The molecule has 1 aromatic rings. The van der Waals surface area contributed by atoms with Crippen LogP contribution in [0.25, 0.3) is 0 Å². The van der Waals surface area contributed by atoms with E-state index in [-0.39, 0.29) is 0 Å². The van der Waals surface area contributed by atoms with Crippen molar-refractivity contribution in [3.63, 3.8) is 0 Å². The zero-order valence-corrected chi connectivity index (χ0v) is 10.4. The third-order valence-electron chi connectivity index (χ3n) is 2.95. The quantitative estimate of drug-likeness (QED) is 0.807. The van der Waals surface area contributed by atoms with Gasteiger partial charge in [-0.05, 0) is 38.3 Å². The summed E-state index contributed by atoms with van der Waals surface area (Å²) in [4.78, 5) is 4.10. The van der Waals surface area contributed by atoms with Gasteiger partial charge in [-0.2, -0.15) is 0 Å². The predicted molar refractivity (Wildman–Crippen MR) is 66.0 cm³/mol. The Morgan fingerprint density at radius 1 is 1.56 bits per heavy atom. The van der Waals surface area contributed by atoms with E-state index >= 15 is 0 Å². The van der Waals surface area contributed by atoms with E-state index in [1.165, 1.54) is 0 Å². The molecule has 0 aliphatic carbocycles. The number of hydrogen-bond acceptors (Lipinski definition) is 3. The van der Waals surface area contributed by atoms with Crippen LogP contribution in [0.4, 0.5) is 5.69 Å². The molecule has 2 rings (SSSR count). The Balaban J connectivity index is 2.08. The van der Waals surface area contributed by atoms with Gasteiger partial charge in [0, 0.05) is 18.8 Å². The third kappa shape index (κ3) is 2.66. The number of halogens is 1. The molecule has 1 aromatic heterocycles. The van der Waals surface area contributed by atoms with Crippen LogP contribution in [0, 0.1) is 6.92 Å². The number of rotatable bonds is 2. The fraction of sp³-hybridized carbons (Fsp3) is 0.583. The highest BCUT2D eigenvalue weighted by molar-refractivity contribution is 6.32. The molecule has 0 spiro atoms. The molecule has 0 amide bonds. The van der Waals surface area contributed by atoms with E-state index in [0.29, 0.717) is 17.3 Å². The zero-order valence-electron chi connectivity index (χ0n) is 9.66. The first-order chi connectivity index (χ1) is 7.66. The van der Waals surface area contributed by atoms with Crippen LogP contribution in [0.5, 0.6) is 0 Å². The molecule has 4 heteroatoms. The molecule has 1 N–H and O–H groups in total. The van der Waals surface area contributed by atoms with Gasteiger partial charge < -0.3 is 10.1 Å². The van der Waals surface area contributed by atoms with E-state index in [0.717, 1.165) is 30.7 Å². The minimum absolute atomic E-state index is 0.321. The molecule has 2 atom stereocenters. The normalized spacial score (nSPS) is 25.4. The second kappa shape index (κ2) is 5.02. The first-order valence-electron chi connectivity index (χ1n) is 5.66. The van der Waals surface area contributed by atoms with Crippen LogP contribution >= 0.6 is 11.6 Å². The molecule has 0 saturated carbocycles. The molecule has 16 heavy (non-hydrogen) atoms. The van der Waals surface area contributed by atoms with Crippen LogP contribution in [0.3, 0.4) is 0 Å². The fourth-order valence-corrected chi connectivity index (χ4v) is 2.29. The number of pyridine rings is 1. The number of nitrogens with zero attached hydrogens (tertiary/aromatic N) is 1. The number of nitrogens with one attached hydrogen (secondary N) is 1. The monoisotopic (exact) mass is 240 g/mol. The molecule has 1 aliphatic heterocycles. The van der Waals surface area contributed by atoms with Crippen molar-refractivity contribution in [1.82, 2.24) is 4.98 Å². The Labute approximate surface area is 101 Å². The molecule has 88 valence electrons. The van der Waals surface area contributed by atoms with Gasteiger partial charge in [-0.25, -0.2) is 4.98 Å². The Kier molecular flexibility index (Phi) is 3.66. The summed E-state index contributed by atoms with van der Waals surface area (Å²) < 4.78 is 5.52. The van der Waals surface area contributed by atoms with E-state index < -0.39 is 0 Å². The molecular weight excluding hydrogens is 224 g/mol. The van der Waals surface area contributed by atoms with E-state index in [9.17, 15) is 0 Å². The summed E-state index contributed by atoms with van der Waals surface area (Å²) in [5.41, 5.74) is 2.10. The molecule has 0 aromatic carbocycles. The summed E-state index contributed by atoms with van der Waals surface area (Å²) in [5.74, 6) is 0. The maximum absolute atomic E-state index is 6.08. The van der Waals surface area contributed by atoms with Gasteiger partial charge in [-0.3, -0.25) is 0 Å². The number of aryl methyl sites for hydroxylation is 1. The summed E-state index contributed by atoms with van der Waals surface area (Å²) in [6.07, 6.45) is 4.09. The lowest BCUT2D eigenvalue weighted by Crippen LogP contribution is -2.32. The highest BCUT2D eigenvalue weighted by Gasteiger charge is 2.20. The summed E-state index contributed by atoms with van der Waals surface area (Å²) >= 11 is 6.08. The molecule has 0 bridgehead atoms. The average molecular weight is 241 g/mol. The molecule has 1 fully saturated rings. The summed E-state index contributed by atoms with van der Waals surface area (Å²) in [7, 11) is 0. The van der Waals surface area contributed by atoms with Crippen molar-refractivity contribution in [2.75, 3.05) is 11.9 Å². The van der Waals surface area contributed by atoms with Gasteiger partial charge in [0.2, 0.25) is 0 Å². The van der Waals surface area contributed by atoms with Gasteiger partial charge in [0.15, 0.2) is 5.15 Å². The van der Waals surface area contributed by atoms with Gasteiger partial charge in [-0.1, -0.05) is 11.6 Å². The molecule has 2 unspecified atom stereocenters. The smallest absolute Gasteiger partial charge is 0.152 e. The van der Waals surface area contributed by atoms with Gasteiger partial charge >= 0.3 is 0 Å². The van der Waals surface area contributed by atoms with Gasteiger partial charge in [0.05, 0.1) is 11.8 Å². The topological polar surface area (TPSA) is 34.2 Å². The summed E-state index contributed by atoms with van der Waals surface area (Å²) in [6, 6.07) is 2.40. The largest absolute Gasteiger partial charge is 0.379 e. The van der Waals surface area contributed by atoms with Crippen molar-refractivity contribution < 1.29 is 4.74 Å². The van der Waals surface area contributed by atoms with Crippen molar-refractivity contribution in [2.45, 2.75) is 38.8 Å². The molecule has 2 heterocycles. The SMILES string of the molecule is Cc1ccnc(Cl)c1NC1CCOC(C)C1. The lowest BCUT2D eigenvalue weighted by Gasteiger charge is -2.29. The Morgan fingerprint density at radius 3 is 3.06 bits per heavy atom. The van der Waals surface area contributed by atoms with Crippen LogP contribution in [-0.4, -0.2) is 23.7 Å². The molecule has 1 aliphatic rings. The standard InChI is InChI=1S/C12H17ClN2O/c1-8-3-5-14-12(13)11(8)15-10-4-6-16-9(2)7-10/h3,5,9-10,15H,4,6-7H2,1-2H3. The summed E-state index contributed by atoms with van der Waals surface area (Å²) in [5, 5.41) is 4.03. The Morgan fingerprint density at radius 2 is 2.38 bits per heavy atom. The molecule has 0 radical (unpaired) electrons. The highest BCUT2D eigenvalue weighted by Crippen LogP contribution is 2.26. The van der Waals surface area contributed by atoms with Crippen LogP contribution in [0.15, 0.2) is 12.3 Å². The number of hydrogen-bond donors (Lipinski definition) is 1. The van der Waals surface area contributed by atoms with Gasteiger partial charge in [0.1, 0.15) is 0 Å². The maximum atomic E-state index is 6.08. The van der Waals surface area contributed by atoms with Crippen molar-refractivity contribution in [3.8, 4) is 0 Å². The van der Waals surface area contributed by atoms with E-state index in [2.05, 4.69) is 17.2 Å². The Bertz CT molecular complexity index is 350. The highest BCUT2D eigenvalue weighted by atomic mass is 35.5. The van der Waals surface area contributed by atoms with Crippen molar-refractivity contribution >= 4 is 17.3 Å². The average Bonchev–Trinajstić information content (AvgIpc) is 2.24. The minimum Gasteiger partial charge on any atom is -0.379 e. The fourth-order valence-electron chi connectivity index (χ4n) is 2.03. The van der Waals surface area contributed by atoms with Crippen LogP contribution in [0.2, 0.25) is 5.15 Å². The summed E-state index contributed by atoms with van der Waals surface area (Å²) in [6.45, 7) is 4.96. The van der Waals surface area contributed by atoms with E-state index in [4.69, 9.17) is 16.3 Å². The second-order valence-corrected chi connectivity index (χ2v) is 4.70. The van der Waals surface area contributed by atoms with Crippen molar-refractivity contribution in [1.29, 1.82) is 0 Å². The number of ether oxygens (including phenoxy) is 1. The second-order valence-electron chi connectivity index (χ2n) is 4.34. The number of aromatic nitrogens is 1. The Hall–Kier alpha value is -0.800. The van der Waals surface area contributed by atoms with Crippen LogP contribution < -0.4 is 5.32 Å². The van der Waals surface area contributed by atoms with Gasteiger partial charge in [-0.15, -0.1) is 0 Å². The van der Waals surface area contributed by atoms with Crippen molar-refractivity contribution in [3.05, 3.63) is 23.0 Å².